The maximum Gasteiger partial charge on any atom is 0.257 e. The lowest BCUT2D eigenvalue weighted by atomic mass is 9.86. The van der Waals surface area contributed by atoms with E-state index in [1.807, 2.05) is 0 Å². The zero-order valence-corrected chi connectivity index (χ0v) is 13.9. The van der Waals surface area contributed by atoms with Crippen molar-refractivity contribution in [1.29, 1.82) is 0 Å². The van der Waals surface area contributed by atoms with Crippen molar-refractivity contribution in [2.75, 3.05) is 0 Å². The molecule has 0 aliphatic heterocycles. The predicted molar refractivity (Wildman–Crippen MR) is 91.1 cm³/mol. The number of benzene rings is 1. The van der Waals surface area contributed by atoms with Gasteiger partial charge in [-0.25, -0.2) is 0 Å². The number of nitrogens with one attached hydrogen (secondary N) is 1. The normalized spacial score (nSPS) is 22.1. The topological polar surface area (TPSA) is 49.5 Å². The number of rotatable bonds is 3. The predicted octanol–water partition coefficient (Wildman–Crippen LogP) is 2.79. The van der Waals surface area contributed by atoms with Gasteiger partial charge in [0.15, 0.2) is 0 Å². The molecule has 0 amide bonds. The van der Waals surface area contributed by atoms with Gasteiger partial charge in [0.2, 0.25) is 0 Å². The van der Waals surface area contributed by atoms with Crippen molar-refractivity contribution in [3.63, 3.8) is 0 Å². The molecule has 1 saturated carbocycles. The number of quaternary nitrogens is 1. The molecule has 22 heavy (non-hydrogen) atoms. The fraction of sp³-hybridized carbons (Fsp3) is 0.526. The highest BCUT2D eigenvalue weighted by atomic mass is 16.1. The van der Waals surface area contributed by atoms with E-state index in [2.05, 4.69) is 49.3 Å². The van der Waals surface area contributed by atoms with E-state index in [9.17, 15) is 4.79 Å². The molecule has 0 unspecified atom stereocenters. The van der Waals surface area contributed by atoms with Gasteiger partial charge < -0.3 is 10.3 Å². The van der Waals surface area contributed by atoms with Gasteiger partial charge >= 0.3 is 0 Å². The molecule has 2 aromatic rings. The molecule has 3 N–H and O–H groups in total. The Morgan fingerprint density at radius 3 is 2.64 bits per heavy atom. The second-order valence-electron chi connectivity index (χ2n) is 7.01. The van der Waals surface area contributed by atoms with Crippen LogP contribution in [-0.2, 0) is 6.54 Å². The van der Waals surface area contributed by atoms with E-state index in [-0.39, 0.29) is 5.56 Å². The van der Waals surface area contributed by atoms with Crippen LogP contribution in [0.1, 0.15) is 49.3 Å². The van der Waals surface area contributed by atoms with Crippen LogP contribution in [0.3, 0.4) is 0 Å². The average molecular weight is 299 g/mol. The van der Waals surface area contributed by atoms with E-state index in [0.29, 0.717) is 6.04 Å². The molecule has 0 radical (unpaired) electrons. The zero-order valence-electron chi connectivity index (χ0n) is 13.9. The highest BCUT2D eigenvalue weighted by Crippen LogP contribution is 2.21. The SMILES string of the molecule is Cc1cc2cc(C[NH2+][C@H]3CCCC[C@@H]3C)c(=O)[nH]c2cc1C. The van der Waals surface area contributed by atoms with Gasteiger partial charge in [0.25, 0.3) is 5.56 Å². The molecule has 118 valence electrons. The third-order valence-corrected chi connectivity index (χ3v) is 5.35. The van der Waals surface area contributed by atoms with E-state index in [1.54, 1.807) is 0 Å². The maximum atomic E-state index is 12.3. The Bertz CT molecular complexity index is 732. The number of aryl methyl sites for hydroxylation is 2. The molecule has 3 nitrogen and oxygen atoms in total. The van der Waals surface area contributed by atoms with Crippen LogP contribution < -0.4 is 10.9 Å². The van der Waals surface area contributed by atoms with Crippen LogP contribution in [0.15, 0.2) is 23.0 Å². The molecule has 1 aliphatic rings. The van der Waals surface area contributed by atoms with Crippen LogP contribution in [0.4, 0.5) is 0 Å². The van der Waals surface area contributed by atoms with Gasteiger partial charge in [-0.2, -0.15) is 0 Å². The summed E-state index contributed by atoms with van der Waals surface area (Å²) in [4.78, 5) is 15.4. The molecule has 1 fully saturated rings. The minimum absolute atomic E-state index is 0.0652. The monoisotopic (exact) mass is 299 g/mol. The summed E-state index contributed by atoms with van der Waals surface area (Å²) in [5.41, 5.74) is 4.40. The lowest BCUT2D eigenvalue weighted by Crippen LogP contribution is -2.90. The summed E-state index contributed by atoms with van der Waals surface area (Å²) in [6.07, 6.45) is 5.30. The van der Waals surface area contributed by atoms with Crippen LogP contribution >= 0.6 is 0 Å². The average Bonchev–Trinajstić information content (AvgIpc) is 2.48. The zero-order chi connectivity index (χ0) is 15.7. The Hall–Kier alpha value is -1.61. The minimum atomic E-state index is 0.0652. The van der Waals surface area contributed by atoms with Gasteiger partial charge in [-0.15, -0.1) is 0 Å². The largest absolute Gasteiger partial charge is 0.340 e. The number of aromatic nitrogens is 1. The van der Waals surface area contributed by atoms with Crippen molar-refractivity contribution >= 4 is 10.9 Å². The van der Waals surface area contributed by atoms with E-state index in [0.717, 1.165) is 28.9 Å². The summed E-state index contributed by atoms with van der Waals surface area (Å²) < 4.78 is 0. The van der Waals surface area contributed by atoms with Crippen molar-refractivity contribution < 1.29 is 5.32 Å². The first-order valence-corrected chi connectivity index (χ1v) is 8.51. The quantitative estimate of drug-likeness (QED) is 0.899. The molecule has 3 rings (SSSR count). The summed E-state index contributed by atoms with van der Waals surface area (Å²) in [6.45, 7) is 7.33. The molecule has 1 heterocycles. The van der Waals surface area contributed by atoms with Crippen LogP contribution in [-0.4, -0.2) is 11.0 Å². The molecule has 3 heteroatoms. The van der Waals surface area contributed by atoms with Gasteiger partial charge in [-0.05, 0) is 67.8 Å². The van der Waals surface area contributed by atoms with Crippen molar-refractivity contribution in [2.24, 2.45) is 5.92 Å². The van der Waals surface area contributed by atoms with E-state index in [4.69, 9.17) is 0 Å². The molecule has 2 atom stereocenters. The molecule has 1 aliphatic carbocycles. The summed E-state index contributed by atoms with van der Waals surface area (Å²) in [5, 5.41) is 3.52. The first-order valence-electron chi connectivity index (χ1n) is 8.51. The fourth-order valence-corrected chi connectivity index (χ4v) is 3.65. The summed E-state index contributed by atoms with van der Waals surface area (Å²) >= 11 is 0. The Kier molecular flexibility index (Phi) is 4.34. The molecular weight excluding hydrogens is 272 g/mol. The number of hydrogen-bond donors (Lipinski definition) is 2. The number of nitrogens with two attached hydrogens (primary N) is 1. The Balaban J connectivity index is 1.83. The van der Waals surface area contributed by atoms with Gasteiger partial charge in [-0.3, -0.25) is 4.79 Å². The number of pyridine rings is 1. The first-order chi connectivity index (χ1) is 10.5. The first kappa shape index (κ1) is 15.3. The summed E-state index contributed by atoms with van der Waals surface area (Å²) in [6, 6.07) is 6.99. The van der Waals surface area contributed by atoms with Crippen molar-refractivity contribution in [3.05, 3.63) is 45.2 Å². The second kappa shape index (κ2) is 6.25. The Morgan fingerprint density at radius 2 is 1.86 bits per heavy atom. The fourth-order valence-electron chi connectivity index (χ4n) is 3.65. The standard InChI is InChI=1S/C19H26N2O/c1-12-6-4-5-7-17(12)20-11-16-10-15-8-13(2)14(3)9-18(15)21-19(16)22/h8-10,12,17,20H,4-7,11H2,1-3H3,(H,21,22)/p+1/t12-,17-/m0/s1. The third-order valence-electron chi connectivity index (χ3n) is 5.35. The van der Waals surface area contributed by atoms with Crippen LogP contribution in [0.25, 0.3) is 10.9 Å². The molecule has 1 aromatic heterocycles. The summed E-state index contributed by atoms with van der Waals surface area (Å²) in [5.74, 6) is 0.762. The Morgan fingerprint density at radius 1 is 1.14 bits per heavy atom. The molecule has 0 saturated heterocycles. The molecule has 0 spiro atoms. The number of aromatic amines is 1. The van der Waals surface area contributed by atoms with Gasteiger partial charge in [0, 0.05) is 11.4 Å². The third kappa shape index (κ3) is 3.09. The lowest BCUT2D eigenvalue weighted by molar-refractivity contribution is -0.712. The van der Waals surface area contributed by atoms with Gasteiger partial charge in [0.1, 0.15) is 6.54 Å². The minimum Gasteiger partial charge on any atom is -0.340 e. The number of H-pyrrole nitrogens is 1. The second-order valence-corrected chi connectivity index (χ2v) is 7.01. The number of hydrogen-bond acceptors (Lipinski definition) is 1. The van der Waals surface area contributed by atoms with Crippen molar-refractivity contribution in [3.8, 4) is 0 Å². The van der Waals surface area contributed by atoms with Crippen LogP contribution in [0.5, 0.6) is 0 Å². The van der Waals surface area contributed by atoms with Crippen LogP contribution in [0.2, 0.25) is 0 Å². The van der Waals surface area contributed by atoms with E-state index in [1.165, 1.54) is 36.8 Å². The van der Waals surface area contributed by atoms with Gasteiger partial charge in [-0.1, -0.05) is 13.3 Å². The lowest BCUT2D eigenvalue weighted by Gasteiger charge is -2.26. The highest BCUT2D eigenvalue weighted by Gasteiger charge is 2.24. The molecular formula is C19H27N2O+. The van der Waals surface area contributed by atoms with Crippen molar-refractivity contribution in [1.82, 2.24) is 4.98 Å². The maximum absolute atomic E-state index is 12.3. The van der Waals surface area contributed by atoms with Gasteiger partial charge in [0.05, 0.1) is 11.6 Å². The summed E-state index contributed by atoms with van der Waals surface area (Å²) in [7, 11) is 0. The van der Waals surface area contributed by atoms with Crippen molar-refractivity contribution in [2.45, 2.75) is 59.0 Å². The van der Waals surface area contributed by atoms with E-state index >= 15 is 0 Å². The van der Waals surface area contributed by atoms with E-state index < -0.39 is 0 Å². The highest BCUT2D eigenvalue weighted by molar-refractivity contribution is 5.80. The van der Waals surface area contributed by atoms with Crippen LogP contribution in [0, 0.1) is 19.8 Å². The molecule has 0 bridgehead atoms. The Labute approximate surface area is 132 Å². The number of fused-ring (bicyclic) bond motifs is 1. The smallest absolute Gasteiger partial charge is 0.257 e. The molecule has 1 aromatic carbocycles.